The van der Waals surface area contributed by atoms with Gasteiger partial charge in [0.2, 0.25) is 0 Å². The molecule has 0 unspecified atom stereocenters. The van der Waals surface area contributed by atoms with Crippen LogP contribution in [0.2, 0.25) is 0 Å². The Bertz CT molecular complexity index is 1320. The molecule has 250 valence electrons. The third-order valence-corrected chi connectivity index (χ3v) is 10.5. The van der Waals surface area contributed by atoms with E-state index in [0.717, 1.165) is 38.3 Å². The van der Waals surface area contributed by atoms with E-state index in [9.17, 15) is 18.3 Å². The number of aliphatic hydroxyl groups excluding tert-OH is 1. The molecule has 9 nitrogen and oxygen atoms in total. The summed E-state index contributed by atoms with van der Waals surface area (Å²) >= 11 is 0. The molecule has 0 radical (unpaired) electrons. The van der Waals surface area contributed by atoms with Crippen LogP contribution in [-0.4, -0.2) is 87.4 Å². The van der Waals surface area contributed by atoms with Gasteiger partial charge in [0, 0.05) is 37.8 Å². The lowest BCUT2D eigenvalue weighted by molar-refractivity contribution is -0.0190. The summed E-state index contributed by atoms with van der Waals surface area (Å²) < 4.78 is 41.6. The molecular formula is C35H53N3O6S. The highest BCUT2D eigenvalue weighted by Crippen LogP contribution is 2.30. The van der Waals surface area contributed by atoms with Gasteiger partial charge in [0.1, 0.15) is 5.75 Å². The van der Waals surface area contributed by atoms with Gasteiger partial charge in [-0.25, -0.2) is 8.42 Å². The molecule has 1 amide bonds. The molecule has 4 rings (SSSR count). The zero-order valence-corrected chi connectivity index (χ0v) is 28.3. The van der Waals surface area contributed by atoms with Crippen LogP contribution in [0.25, 0.3) is 0 Å². The number of amides is 1. The van der Waals surface area contributed by atoms with E-state index < -0.39 is 16.1 Å². The van der Waals surface area contributed by atoms with Crippen LogP contribution in [0.3, 0.4) is 0 Å². The Hall–Kier alpha value is -2.66. The van der Waals surface area contributed by atoms with Gasteiger partial charge in [-0.1, -0.05) is 44.4 Å². The summed E-state index contributed by atoms with van der Waals surface area (Å²) in [4.78, 5) is 18.5. The van der Waals surface area contributed by atoms with Crippen molar-refractivity contribution in [2.24, 2.45) is 11.8 Å². The Balaban J connectivity index is 1.62. The second kappa shape index (κ2) is 16.8. The van der Waals surface area contributed by atoms with Crippen molar-refractivity contribution in [3.63, 3.8) is 0 Å². The molecule has 1 aliphatic heterocycles. The first-order chi connectivity index (χ1) is 21.6. The Kier molecular flexibility index (Phi) is 13.1. The number of nitrogens with zero attached hydrogens (tertiary/aromatic N) is 2. The molecule has 0 spiro atoms. The van der Waals surface area contributed by atoms with Crippen LogP contribution in [0, 0.1) is 11.8 Å². The van der Waals surface area contributed by atoms with Gasteiger partial charge in [0.05, 0.1) is 35.3 Å². The van der Waals surface area contributed by atoms with Crippen molar-refractivity contribution in [3.8, 4) is 5.75 Å². The number of nitrogens with one attached hydrogen (secondary N) is 1. The maximum Gasteiger partial charge on any atom is 0.261 e. The van der Waals surface area contributed by atoms with Crippen molar-refractivity contribution in [2.75, 3.05) is 44.6 Å². The predicted octanol–water partition coefficient (Wildman–Crippen LogP) is 5.80. The molecule has 45 heavy (non-hydrogen) atoms. The van der Waals surface area contributed by atoms with Crippen molar-refractivity contribution in [3.05, 3.63) is 54.1 Å². The van der Waals surface area contributed by atoms with Crippen LogP contribution in [0.4, 0.5) is 5.69 Å². The average molecular weight is 644 g/mol. The minimum atomic E-state index is -3.87. The van der Waals surface area contributed by atoms with Gasteiger partial charge in [-0.3, -0.25) is 9.52 Å². The monoisotopic (exact) mass is 643 g/mol. The number of hydrogen-bond donors (Lipinski definition) is 2. The number of fused-ring (bicyclic) bond motifs is 1. The highest BCUT2D eigenvalue weighted by atomic mass is 32.2. The smallest absolute Gasteiger partial charge is 0.261 e. The Morgan fingerprint density at radius 1 is 1.00 bits per heavy atom. The molecule has 10 heteroatoms. The van der Waals surface area contributed by atoms with E-state index in [0.29, 0.717) is 18.9 Å². The highest BCUT2D eigenvalue weighted by Gasteiger charge is 2.31. The maximum atomic E-state index is 14.3. The van der Waals surface area contributed by atoms with E-state index in [1.165, 1.54) is 44.2 Å². The van der Waals surface area contributed by atoms with E-state index in [-0.39, 0.29) is 46.8 Å². The molecule has 0 aromatic heterocycles. The standard InChI is InChI=1S/C35H53N3O6S/c1-26-22-38(27(2)25-39)35(40)32-21-30(36-45(41,42)31-16-9-6-10-17-31)18-19-33(32)44-28(3)13-11-12-20-43-34(26)24-37(4)23-29-14-7-5-8-15-29/h6,9-10,16-19,21,26-29,34,36,39H,5,7-8,11-15,20,22-25H2,1-4H3/t26-,27+,28-,34-/m0/s1. The van der Waals surface area contributed by atoms with E-state index in [1.807, 2.05) is 13.8 Å². The molecular weight excluding hydrogens is 590 g/mol. The molecule has 2 aromatic rings. The maximum absolute atomic E-state index is 14.3. The first kappa shape index (κ1) is 35.2. The van der Waals surface area contributed by atoms with E-state index in [4.69, 9.17) is 9.47 Å². The number of likely N-dealkylation sites (N-methyl/N-ethyl adjacent to an activating group) is 1. The number of sulfonamides is 1. The largest absolute Gasteiger partial charge is 0.490 e. The number of rotatable bonds is 9. The molecule has 0 saturated heterocycles. The van der Waals surface area contributed by atoms with Crippen LogP contribution >= 0.6 is 0 Å². The number of benzene rings is 2. The summed E-state index contributed by atoms with van der Waals surface area (Å²) in [6, 6.07) is 12.5. The molecule has 1 saturated carbocycles. The summed E-state index contributed by atoms with van der Waals surface area (Å²) in [6.07, 6.45) is 8.90. The molecule has 2 N–H and O–H groups in total. The van der Waals surface area contributed by atoms with Crippen molar-refractivity contribution < 1.29 is 27.8 Å². The Labute approximate surface area is 270 Å². The summed E-state index contributed by atoms with van der Waals surface area (Å²) in [7, 11) is -1.70. The number of aliphatic hydroxyl groups is 1. The number of hydrogen-bond acceptors (Lipinski definition) is 7. The van der Waals surface area contributed by atoms with E-state index in [2.05, 4.69) is 23.6 Å². The highest BCUT2D eigenvalue weighted by molar-refractivity contribution is 7.92. The average Bonchev–Trinajstić information content (AvgIpc) is 3.03. The quantitative estimate of drug-likeness (QED) is 0.356. The Morgan fingerprint density at radius 3 is 2.42 bits per heavy atom. The fourth-order valence-corrected chi connectivity index (χ4v) is 7.53. The number of carbonyl (C=O) groups is 1. The molecule has 2 aromatic carbocycles. The van der Waals surface area contributed by atoms with E-state index in [1.54, 1.807) is 41.3 Å². The molecule has 0 bridgehead atoms. The second-order valence-electron chi connectivity index (χ2n) is 13.2. The summed E-state index contributed by atoms with van der Waals surface area (Å²) in [5.41, 5.74) is 0.519. The molecule has 4 atom stereocenters. The number of anilines is 1. The minimum absolute atomic E-state index is 0.0113. The summed E-state index contributed by atoms with van der Waals surface area (Å²) in [6.45, 7) is 8.54. The van der Waals surface area contributed by atoms with Gasteiger partial charge < -0.3 is 24.4 Å². The van der Waals surface area contributed by atoms with Crippen molar-refractivity contribution in [1.82, 2.24) is 9.80 Å². The van der Waals surface area contributed by atoms with Crippen LogP contribution in [0.5, 0.6) is 5.75 Å². The van der Waals surface area contributed by atoms with Crippen LogP contribution in [-0.2, 0) is 14.8 Å². The normalized spacial score (nSPS) is 23.6. The topological polar surface area (TPSA) is 108 Å². The van der Waals surface area contributed by atoms with Crippen molar-refractivity contribution >= 4 is 21.6 Å². The van der Waals surface area contributed by atoms with Crippen LogP contribution in [0.1, 0.15) is 82.5 Å². The first-order valence-electron chi connectivity index (χ1n) is 16.7. The lowest BCUT2D eigenvalue weighted by Gasteiger charge is -2.36. The predicted molar refractivity (Wildman–Crippen MR) is 178 cm³/mol. The van der Waals surface area contributed by atoms with Gasteiger partial charge in [0.25, 0.3) is 15.9 Å². The number of carbonyl (C=O) groups excluding carboxylic acids is 1. The van der Waals surface area contributed by atoms with E-state index >= 15 is 0 Å². The van der Waals surface area contributed by atoms with Crippen LogP contribution < -0.4 is 9.46 Å². The fourth-order valence-electron chi connectivity index (χ4n) is 6.45. The first-order valence-corrected chi connectivity index (χ1v) is 18.2. The van der Waals surface area contributed by atoms with Gasteiger partial charge in [0.15, 0.2) is 0 Å². The van der Waals surface area contributed by atoms with Crippen molar-refractivity contribution in [2.45, 2.75) is 95.3 Å². The molecule has 1 fully saturated rings. The third kappa shape index (κ3) is 10.2. The third-order valence-electron chi connectivity index (χ3n) is 9.14. The molecule has 2 aliphatic rings. The molecule has 1 heterocycles. The molecule has 1 aliphatic carbocycles. The Morgan fingerprint density at radius 2 is 1.71 bits per heavy atom. The summed E-state index contributed by atoms with van der Waals surface area (Å²) in [5.74, 6) is 0.784. The van der Waals surface area contributed by atoms with Gasteiger partial charge in [-0.2, -0.15) is 0 Å². The van der Waals surface area contributed by atoms with Gasteiger partial charge in [-0.15, -0.1) is 0 Å². The lowest BCUT2D eigenvalue weighted by Crippen LogP contribution is -2.47. The second-order valence-corrected chi connectivity index (χ2v) is 14.8. The van der Waals surface area contributed by atoms with Gasteiger partial charge in [-0.05, 0) is 89.2 Å². The zero-order chi connectivity index (χ0) is 32.4. The summed E-state index contributed by atoms with van der Waals surface area (Å²) in [5, 5.41) is 10.2. The number of ether oxygens (including phenoxy) is 2. The SMILES string of the molecule is C[C@H](CO)N1C[C@H](C)[C@H](CN(C)CC2CCCCC2)OCCCC[C@H](C)Oc2ccc(NS(=O)(=O)c3ccccc3)cc2C1=O. The zero-order valence-electron chi connectivity index (χ0n) is 27.5. The minimum Gasteiger partial charge on any atom is -0.490 e. The van der Waals surface area contributed by atoms with Crippen LogP contribution in [0.15, 0.2) is 53.4 Å². The lowest BCUT2D eigenvalue weighted by atomic mass is 9.89. The van der Waals surface area contributed by atoms with Gasteiger partial charge >= 0.3 is 0 Å². The fraction of sp³-hybridized carbons (Fsp3) is 0.629. The van der Waals surface area contributed by atoms with Crippen molar-refractivity contribution in [1.29, 1.82) is 0 Å².